The predicted octanol–water partition coefficient (Wildman–Crippen LogP) is 9.70. The second-order valence-electron chi connectivity index (χ2n) is 13.2. The van der Waals surface area contributed by atoms with Crippen LogP contribution in [0.15, 0.2) is 170 Å². The van der Waals surface area contributed by atoms with E-state index in [0.717, 1.165) is 43.1 Å². The summed E-state index contributed by atoms with van der Waals surface area (Å²) in [6.45, 7) is 0.163. The molecule has 5 unspecified atom stereocenters. The zero-order valence-corrected chi connectivity index (χ0v) is 28.4. The molecule has 0 aromatic heterocycles. The Balaban J connectivity index is 1.15. The average molecular weight is 684 g/mol. The summed E-state index contributed by atoms with van der Waals surface area (Å²) in [7, 11) is 0. The molecule has 2 N–H and O–H groups in total. The van der Waals surface area contributed by atoms with Crippen molar-refractivity contribution in [2.24, 2.45) is 5.73 Å². The molecular weight excluding hydrogens is 647 g/mol. The molecule has 1 aliphatic heterocycles. The van der Waals surface area contributed by atoms with Crippen molar-refractivity contribution in [3.63, 3.8) is 0 Å². The first-order chi connectivity index (χ1) is 25.7. The first-order valence-corrected chi connectivity index (χ1v) is 17.6. The third kappa shape index (κ3) is 6.46. The van der Waals surface area contributed by atoms with Crippen LogP contribution in [0.3, 0.4) is 0 Å². The van der Waals surface area contributed by atoms with E-state index in [1.807, 2.05) is 103 Å². The Kier molecular flexibility index (Phi) is 8.53. The van der Waals surface area contributed by atoms with Gasteiger partial charge in [-0.15, -0.1) is 0 Å². The highest BCUT2D eigenvalue weighted by atomic mass is 16.7. The van der Waals surface area contributed by atoms with Crippen LogP contribution in [0.2, 0.25) is 0 Å². The number of hydrogen-bond donors (Lipinski definition) is 1. The Labute approximate surface area is 301 Å². The molecule has 1 fully saturated rings. The van der Waals surface area contributed by atoms with Gasteiger partial charge in [0.05, 0.1) is 0 Å². The minimum atomic E-state index is -0.900. The summed E-state index contributed by atoms with van der Waals surface area (Å²) < 4.78 is 34.3. The predicted molar refractivity (Wildman–Crippen MR) is 207 cm³/mol. The van der Waals surface area contributed by atoms with Crippen LogP contribution < -0.4 is 24.7 Å². The minimum absolute atomic E-state index is 0.163. The van der Waals surface area contributed by atoms with Crippen LogP contribution in [0, 0.1) is 0 Å². The maximum absolute atomic E-state index is 7.01. The fraction of sp³-hybridized carbons (Fsp3) is 0.130. The lowest BCUT2D eigenvalue weighted by Crippen LogP contribution is -2.66. The number of nitrogens with two attached hydrogens (primary N) is 1. The van der Waals surface area contributed by atoms with Crippen molar-refractivity contribution in [3.05, 3.63) is 170 Å². The Morgan fingerprint density at radius 1 is 0.365 bits per heavy atom. The number of hydrogen-bond acceptors (Lipinski definition) is 6. The van der Waals surface area contributed by atoms with Crippen molar-refractivity contribution in [3.8, 4) is 23.0 Å². The summed E-state index contributed by atoms with van der Waals surface area (Å²) in [6, 6.07) is 57.0. The van der Waals surface area contributed by atoms with E-state index in [0.29, 0.717) is 23.0 Å². The molecule has 1 saturated heterocycles. The minimum Gasteiger partial charge on any atom is -0.484 e. The summed E-state index contributed by atoms with van der Waals surface area (Å²) in [6.07, 6.45) is -3.67. The zero-order valence-electron chi connectivity index (χ0n) is 28.4. The molecule has 0 amide bonds. The summed E-state index contributed by atoms with van der Waals surface area (Å²) in [5.74, 6) is 2.65. The third-order valence-electron chi connectivity index (χ3n) is 9.78. The van der Waals surface area contributed by atoms with Crippen molar-refractivity contribution >= 4 is 43.1 Å². The van der Waals surface area contributed by atoms with Gasteiger partial charge in [-0.25, -0.2) is 0 Å². The molecule has 256 valence electrons. The van der Waals surface area contributed by atoms with Crippen molar-refractivity contribution < 1.29 is 23.7 Å². The molecule has 0 aliphatic carbocycles. The van der Waals surface area contributed by atoms with Gasteiger partial charge in [-0.2, -0.15) is 0 Å². The van der Waals surface area contributed by atoms with Crippen molar-refractivity contribution in [1.29, 1.82) is 0 Å². The van der Waals surface area contributed by atoms with E-state index >= 15 is 0 Å². The van der Waals surface area contributed by atoms with Gasteiger partial charge in [0.25, 0.3) is 0 Å². The molecule has 52 heavy (non-hydrogen) atoms. The topological polar surface area (TPSA) is 72.2 Å². The third-order valence-corrected chi connectivity index (χ3v) is 9.78. The molecule has 1 aliphatic rings. The van der Waals surface area contributed by atoms with Gasteiger partial charge in [0, 0.05) is 6.54 Å². The largest absolute Gasteiger partial charge is 0.484 e. The van der Waals surface area contributed by atoms with Gasteiger partial charge in [0.2, 0.25) is 12.4 Å². The van der Waals surface area contributed by atoms with E-state index in [9.17, 15) is 0 Å². The Bertz CT molecular complexity index is 2520. The second kappa shape index (κ2) is 13.9. The maximum atomic E-state index is 7.01. The molecule has 0 radical (unpaired) electrons. The lowest BCUT2D eigenvalue weighted by Gasteiger charge is -2.45. The van der Waals surface area contributed by atoms with Crippen LogP contribution in [-0.2, 0) is 4.74 Å². The van der Waals surface area contributed by atoms with Crippen LogP contribution >= 0.6 is 0 Å². The molecule has 9 rings (SSSR count). The van der Waals surface area contributed by atoms with E-state index in [1.54, 1.807) is 0 Å². The van der Waals surface area contributed by atoms with Gasteiger partial charge in [0.15, 0.2) is 12.2 Å². The van der Waals surface area contributed by atoms with Gasteiger partial charge >= 0.3 is 0 Å². The smallest absolute Gasteiger partial charge is 0.241 e. The molecule has 5 atom stereocenters. The maximum Gasteiger partial charge on any atom is 0.241 e. The van der Waals surface area contributed by atoms with Crippen LogP contribution in [0.5, 0.6) is 23.0 Å². The highest BCUT2D eigenvalue weighted by molar-refractivity contribution is 5.86. The highest BCUT2D eigenvalue weighted by Gasteiger charge is 2.51. The Morgan fingerprint density at radius 2 is 0.692 bits per heavy atom. The number of ether oxygens (including phenoxy) is 5. The molecule has 0 saturated carbocycles. The SMILES string of the molecule is NCC1OC(Oc2ccc3ccccc3c2)C(Oc2ccc3ccccc3c2)C(Oc2ccc3ccccc3c2)C1Oc1ccc2ccccc2c1. The molecule has 8 aromatic rings. The molecule has 1 heterocycles. The summed E-state index contributed by atoms with van der Waals surface area (Å²) in [5.41, 5.74) is 6.50. The molecule has 6 nitrogen and oxygen atoms in total. The quantitative estimate of drug-likeness (QED) is 0.163. The number of rotatable bonds is 9. The van der Waals surface area contributed by atoms with Crippen LogP contribution in [0.1, 0.15) is 0 Å². The average Bonchev–Trinajstić information content (AvgIpc) is 3.19. The first kappa shape index (κ1) is 31.9. The standard InChI is InChI=1S/C46H37NO5/c47-29-42-43(48-38-21-17-30-9-1-5-13-34(30)25-38)44(49-39-22-18-31-10-2-6-14-35(31)26-39)45(50-40-23-19-32-11-3-7-15-36(32)27-40)46(52-42)51-41-24-20-33-12-4-8-16-37(33)28-41/h1-28,42-46H,29,47H2. The van der Waals surface area contributed by atoms with E-state index < -0.39 is 30.7 Å². The van der Waals surface area contributed by atoms with Crippen LogP contribution in [-0.4, -0.2) is 37.3 Å². The summed E-state index contributed by atoms with van der Waals surface area (Å²) in [5, 5.41) is 8.70. The second-order valence-corrected chi connectivity index (χ2v) is 13.2. The van der Waals surface area contributed by atoms with E-state index in [2.05, 4.69) is 66.7 Å². The number of benzene rings is 8. The Hall–Kier alpha value is -6.08. The van der Waals surface area contributed by atoms with Gasteiger partial charge < -0.3 is 29.4 Å². The van der Waals surface area contributed by atoms with Crippen LogP contribution in [0.25, 0.3) is 43.1 Å². The van der Waals surface area contributed by atoms with E-state index in [4.69, 9.17) is 29.4 Å². The van der Waals surface area contributed by atoms with Gasteiger partial charge in [-0.1, -0.05) is 121 Å². The fourth-order valence-corrected chi connectivity index (χ4v) is 7.13. The zero-order chi connectivity index (χ0) is 34.9. The molecule has 6 heteroatoms. The molecule has 0 bridgehead atoms. The van der Waals surface area contributed by atoms with Gasteiger partial charge in [-0.3, -0.25) is 0 Å². The molecule has 0 spiro atoms. The van der Waals surface area contributed by atoms with Crippen molar-refractivity contribution in [2.75, 3.05) is 6.54 Å². The van der Waals surface area contributed by atoms with Crippen molar-refractivity contribution in [2.45, 2.75) is 30.7 Å². The molecular formula is C46H37NO5. The summed E-state index contributed by atoms with van der Waals surface area (Å²) >= 11 is 0. The van der Waals surface area contributed by atoms with E-state index in [1.165, 1.54) is 0 Å². The Morgan fingerprint density at radius 3 is 1.08 bits per heavy atom. The summed E-state index contributed by atoms with van der Waals surface area (Å²) in [4.78, 5) is 0. The first-order valence-electron chi connectivity index (χ1n) is 17.6. The highest BCUT2D eigenvalue weighted by Crippen LogP contribution is 2.35. The number of fused-ring (bicyclic) bond motifs is 4. The van der Waals surface area contributed by atoms with Crippen molar-refractivity contribution in [1.82, 2.24) is 0 Å². The van der Waals surface area contributed by atoms with Gasteiger partial charge in [-0.05, 0) is 91.6 Å². The van der Waals surface area contributed by atoms with Gasteiger partial charge in [0.1, 0.15) is 29.1 Å². The van der Waals surface area contributed by atoms with Crippen LogP contribution in [0.4, 0.5) is 0 Å². The normalized spacial score (nSPS) is 20.2. The lowest BCUT2D eigenvalue weighted by molar-refractivity contribution is -0.253. The lowest BCUT2D eigenvalue weighted by atomic mass is 9.97. The molecule has 8 aromatic carbocycles. The van der Waals surface area contributed by atoms with E-state index in [-0.39, 0.29) is 6.54 Å². The monoisotopic (exact) mass is 683 g/mol. The fourth-order valence-electron chi connectivity index (χ4n) is 7.13.